The topological polar surface area (TPSA) is 165 Å². The van der Waals surface area contributed by atoms with Crippen molar-refractivity contribution in [2.75, 3.05) is 23.4 Å². The number of aryl methyl sites for hydroxylation is 1. The summed E-state index contributed by atoms with van der Waals surface area (Å²) >= 11 is 6.07. The van der Waals surface area contributed by atoms with E-state index in [9.17, 15) is 18.6 Å². The van der Waals surface area contributed by atoms with Gasteiger partial charge in [0.05, 0.1) is 17.8 Å². The summed E-state index contributed by atoms with van der Waals surface area (Å²) in [5.41, 5.74) is 1.25. The molecule has 0 saturated carbocycles. The van der Waals surface area contributed by atoms with Crippen molar-refractivity contribution in [3.8, 4) is 0 Å². The number of fused-ring (bicyclic) bond motifs is 1. The maximum absolute atomic E-state index is 11.7. The fourth-order valence-electron chi connectivity index (χ4n) is 3.42. The second-order valence-corrected chi connectivity index (χ2v) is 10.1. The normalized spacial score (nSPS) is 23.8. The first-order chi connectivity index (χ1) is 15.2. The second kappa shape index (κ2) is 8.90. The van der Waals surface area contributed by atoms with Gasteiger partial charge in [-0.25, -0.2) is 13.4 Å². The summed E-state index contributed by atoms with van der Waals surface area (Å²) in [6.07, 6.45) is -2.53. The van der Waals surface area contributed by atoms with Gasteiger partial charge in [-0.15, -0.1) is 0 Å². The van der Waals surface area contributed by atoms with Crippen LogP contribution in [0, 0.1) is 0 Å². The highest BCUT2D eigenvalue weighted by molar-refractivity contribution is 7.91. The van der Waals surface area contributed by atoms with E-state index in [4.69, 9.17) is 20.9 Å². The number of nitrogens with zero attached hydrogens (tertiary/aromatic N) is 5. The molecule has 0 aromatic carbocycles. The van der Waals surface area contributed by atoms with Crippen molar-refractivity contribution >= 4 is 38.4 Å². The zero-order valence-corrected chi connectivity index (χ0v) is 18.9. The first-order valence-electron chi connectivity index (χ1n) is 10.1. The highest BCUT2D eigenvalue weighted by atomic mass is 35.5. The van der Waals surface area contributed by atoms with Gasteiger partial charge in [0.2, 0.25) is 5.28 Å². The molecule has 12 nitrogen and oxygen atoms in total. The summed E-state index contributed by atoms with van der Waals surface area (Å²) in [4.78, 5) is 12.5. The van der Waals surface area contributed by atoms with Crippen molar-refractivity contribution in [3.63, 3.8) is 0 Å². The largest absolute Gasteiger partial charge is 0.387 e. The van der Waals surface area contributed by atoms with Crippen LogP contribution in [0.1, 0.15) is 37.6 Å². The lowest BCUT2D eigenvalue weighted by atomic mass is 10.1. The number of nitrogens with one attached hydrogen (secondary N) is 1. The smallest absolute Gasteiger partial charge is 0.226 e. The van der Waals surface area contributed by atoms with E-state index in [2.05, 4.69) is 25.4 Å². The molecule has 174 valence electrons. The number of aliphatic hydroxyl groups excluding tert-OH is 2. The van der Waals surface area contributed by atoms with E-state index >= 15 is 0 Å². The third-order valence-corrected chi connectivity index (χ3v) is 7.15. The number of hydrogen-bond acceptors (Lipinski definition) is 11. The van der Waals surface area contributed by atoms with Crippen LogP contribution in [0.5, 0.6) is 0 Å². The molecular weight excluding hydrogens is 464 g/mol. The Morgan fingerprint density at radius 2 is 2.03 bits per heavy atom. The number of aromatic nitrogens is 5. The van der Waals surface area contributed by atoms with Crippen molar-refractivity contribution in [1.29, 1.82) is 0 Å². The van der Waals surface area contributed by atoms with Gasteiger partial charge in [0.1, 0.15) is 18.3 Å². The Balaban J connectivity index is 1.61. The van der Waals surface area contributed by atoms with E-state index in [0.717, 1.165) is 0 Å². The summed E-state index contributed by atoms with van der Waals surface area (Å²) in [5, 5.41) is 27.9. The lowest BCUT2D eigenvalue weighted by Crippen LogP contribution is -2.28. The molecule has 1 saturated heterocycles. The predicted octanol–water partition coefficient (Wildman–Crippen LogP) is 0.869. The van der Waals surface area contributed by atoms with Gasteiger partial charge in [-0.05, 0) is 18.0 Å². The number of ether oxygens (including phenoxy) is 1. The van der Waals surface area contributed by atoms with E-state index in [1.807, 2.05) is 6.92 Å². The Labute approximate surface area is 188 Å². The minimum atomic E-state index is -3.17. The lowest BCUT2D eigenvalue weighted by Gasteiger charge is -2.16. The lowest BCUT2D eigenvalue weighted by molar-refractivity contribution is -0.0434. The zero-order chi connectivity index (χ0) is 23.0. The summed E-state index contributed by atoms with van der Waals surface area (Å²) in [6, 6.07) is 1.67. The minimum Gasteiger partial charge on any atom is -0.387 e. The van der Waals surface area contributed by atoms with E-state index in [-0.39, 0.29) is 34.8 Å². The van der Waals surface area contributed by atoms with Crippen LogP contribution in [0.2, 0.25) is 5.28 Å². The molecule has 14 heteroatoms. The monoisotopic (exact) mass is 486 g/mol. The number of rotatable bonds is 8. The first-order valence-corrected chi connectivity index (χ1v) is 12.3. The van der Waals surface area contributed by atoms with Crippen molar-refractivity contribution in [2.45, 2.75) is 44.8 Å². The first kappa shape index (κ1) is 22.9. The van der Waals surface area contributed by atoms with E-state index in [0.29, 0.717) is 23.4 Å². The highest BCUT2D eigenvalue weighted by Crippen LogP contribution is 2.40. The second-order valence-electron chi connectivity index (χ2n) is 7.33. The maximum atomic E-state index is 11.7. The number of anilines is 1. The molecule has 0 radical (unpaired) electrons. The highest BCUT2D eigenvalue weighted by Gasteiger charge is 2.46. The fourth-order valence-corrected chi connectivity index (χ4v) is 4.29. The summed E-state index contributed by atoms with van der Waals surface area (Å²) in [6.45, 7) is 3.60. The number of aliphatic hydroxyl groups is 2. The van der Waals surface area contributed by atoms with Crippen LogP contribution < -0.4 is 5.32 Å². The number of imidazole rings is 1. The number of sulfone groups is 1. The van der Waals surface area contributed by atoms with Gasteiger partial charge in [0.25, 0.3) is 0 Å². The van der Waals surface area contributed by atoms with Gasteiger partial charge in [0, 0.05) is 18.4 Å². The summed E-state index contributed by atoms with van der Waals surface area (Å²) in [7, 11) is -3.17. The van der Waals surface area contributed by atoms with Crippen LogP contribution in [-0.4, -0.2) is 73.6 Å². The Hall–Kier alpha value is -2.32. The standard InChI is InChI=1S/C18H23ClN6O6S/c1-3-9-7-10(31-24-9)14-12(26)13(27)17(30-14)25-8-21-11-15(22-18(19)23-16(11)25)20-5-6-32(28,29)4-2/h7-8,12-14,17,26-27H,3-6H2,1-2H3,(H,20,22,23)/t12-,13+,14+,17+/m0/s1. The van der Waals surface area contributed by atoms with Gasteiger partial charge in [0.15, 0.2) is 38.8 Å². The van der Waals surface area contributed by atoms with Crippen molar-refractivity contribution in [2.24, 2.45) is 0 Å². The molecule has 3 aromatic heterocycles. The molecule has 0 amide bonds. The van der Waals surface area contributed by atoms with Crippen LogP contribution in [0.4, 0.5) is 5.82 Å². The van der Waals surface area contributed by atoms with Gasteiger partial charge < -0.3 is 24.8 Å². The molecule has 0 bridgehead atoms. The molecule has 1 aliphatic heterocycles. The van der Waals surface area contributed by atoms with Crippen LogP contribution in [0.25, 0.3) is 11.2 Å². The molecule has 0 spiro atoms. The molecule has 0 unspecified atom stereocenters. The SMILES string of the molecule is CCc1cc([C@H]2O[C@@H](n3cnc4c(NCCS(=O)(=O)CC)nc(Cl)nc43)[C@H](O)[C@@H]2O)on1. The third-order valence-electron chi connectivity index (χ3n) is 5.27. The Bertz CT molecular complexity index is 1210. The molecular formula is C18H23ClN6O6S. The van der Waals surface area contributed by atoms with Crippen LogP contribution in [-0.2, 0) is 21.0 Å². The maximum Gasteiger partial charge on any atom is 0.226 e. The number of halogens is 1. The molecule has 4 atom stereocenters. The predicted molar refractivity (Wildman–Crippen MR) is 114 cm³/mol. The third kappa shape index (κ3) is 4.30. The molecule has 3 N–H and O–H groups in total. The van der Waals surface area contributed by atoms with Crippen LogP contribution in [0.15, 0.2) is 16.9 Å². The van der Waals surface area contributed by atoms with Gasteiger partial charge in [-0.3, -0.25) is 4.57 Å². The minimum absolute atomic E-state index is 0.0363. The Morgan fingerprint density at radius 3 is 2.72 bits per heavy atom. The average Bonchev–Trinajstić information content (AvgIpc) is 3.46. The van der Waals surface area contributed by atoms with E-state index < -0.39 is 34.4 Å². The molecule has 1 fully saturated rings. The summed E-state index contributed by atoms with van der Waals surface area (Å²) < 4.78 is 36.0. The molecule has 0 aliphatic carbocycles. The van der Waals surface area contributed by atoms with Crippen LogP contribution >= 0.6 is 11.6 Å². The van der Waals surface area contributed by atoms with Gasteiger partial charge >= 0.3 is 0 Å². The van der Waals surface area contributed by atoms with Gasteiger partial charge in [-0.1, -0.05) is 19.0 Å². The Kier molecular flexibility index (Phi) is 6.36. The molecule has 4 heterocycles. The fraction of sp³-hybridized carbons (Fsp3) is 0.556. The molecule has 1 aliphatic rings. The summed E-state index contributed by atoms with van der Waals surface area (Å²) in [5.74, 6) is 0.502. The van der Waals surface area contributed by atoms with E-state index in [1.54, 1.807) is 13.0 Å². The van der Waals surface area contributed by atoms with Crippen molar-refractivity contribution in [1.82, 2.24) is 24.7 Å². The molecule has 32 heavy (non-hydrogen) atoms. The Morgan fingerprint density at radius 1 is 1.25 bits per heavy atom. The van der Waals surface area contributed by atoms with E-state index in [1.165, 1.54) is 10.9 Å². The van der Waals surface area contributed by atoms with Crippen LogP contribution in [0.3, 0.4) is 0 Å². The van der Waals surface area contributed by atoms with Crippen molar-refractivity contribution in [3.05, 3.63) is 29.1 Å². The quantitative estimate of drug-likeness (QED) is 0.386. The van der Waals surface area contributed by atoms with Crippen molar-refractivity contribution < 1.29 is 27.9 Å². The molecule has 3 aromatic rings. The zero-order valence-electron chi connectivity index (χ0n) is 17.3. The number of hydrogen-bond donors (Lipinski definition) is 3. The van der Waals surface area contributed by atoms with Gasteiger partial charge in [-0.2, -0.15) is 9.97 Å². The molecule has 4 rings (SSSR count). The average molecular weight is 487 g/mol.